The smallest absolute Gasteiger partial charge is 0.298 e. The Hall–Kier alpha value is -1.57. The molecule has 2 rings (SSSR count). The first-order valence-corrected chi connectivity index (χ1v) is 4.37. The second-order valence-corrected chi connectivity index (χ2v) is 2.96. The Morgan fingerprint density at radius 3 is 2.69 bits per heavy atom. The van der Waals surface area contributed by atoms with Crippen molar-refractivity contribution in [1.82, 2.24) is 0 Å². The molecule has 0 amide bonds. The maximum absolute atomic E-state index is 5.36. The van der Waals surface area contributed by atoms with Crippen LogP contribution in [0.5, 0.6) is 0 Å². The highest BCUT2D eigenvalue weighted by Crippen LogP contribution is 2.15. The van der Waals surface area contributed by atoms with Gasteiger partial charge in [-0.05, 0) is 0 Å². The predicted molar refractivity (Wildman–Crippen MR) is 52.1 cm³/mol. The summed E-state index contributed by atoms with van der Waals surface area (Å²) in [7, 11) is 0. The van der Waals surface area contributed by atoms with Crippen LogP contribution in [0.1, 0.15) is 6.92 Å². The number of benzene rings is 1. The first-order valence-electron chi connectivity index (χ1n) is 4.37. The Labute approximate surface area is 77.8 Å². The van der Waals surface area contributed by atoms with Crippen molar-refractivity contribution in [3.63, 3.8) is 0 Å². The molecule has 0 fully saturated rings. The van der Waals surface area contributed by atoms with E-state index in [1.807, 2.05) is 37.4 Å². The Kier molecular flexibility index (Phi) is 2.13. The number of allylic oxidation sites excluding steroid dienone is 1. The lowest BCUT2D eigenvalue weighted by Gasteiger charge is -2.12. The molecule has 2 heteroatoms. The van der Waals surface area contributed by atoms with Crippen molar-refractivity contribution in [1.29, 1.82) is 0 Å². The van der Waals surface area contributed by atoms with Crippen molar-refractivity contribution in [2.45, 2.75) is 13.2 Å². The third-order valence-corrected chi connectivity index (χ3v) is 2.05. The molecule has 0 spiro atoms. The Morgan fingerprint density at radius 2 is 2.00 bits per heavy atom. The van der Waals surface area contributed by atoms with Gasteiger partial charge < -0.3 is 4.74 Å². The van der Waals surface area contributed by atoms with Crippen LogP contribution in [0, 0.1) is 0 Å². The number of nitrogens with zero attached hydrogens (tertiary/aromatic N) is 1. The zero-order chi connectivity index (χ0) is 9.10. The normalized spacial score (nSPS) is 20.7. The summed E-state index contributed by atoms with van der Waals surface area (Å²) in [4.78, 5) is 0. The predicted octanol–water partition coefficient (Wildman–Crippen LogP) is 2.29. The van der Waals surface area contributed by atoms with E-state index in [9.17, 15) is 0 Å². The van der Waals surface area contributed by atoms with E-state index in [0.717, 1.165) is 5.69 Å². The maximum Gasteiger partial charge on any atom is 0.298 e. The highest BCUT2D eigenvalue weighted by atomic mass is 16.5. The fraction of sp³-hybridized carbons (Fsp3) is 0.182. The molecule has 1 heterocycles. The average molecular weight is 174 g/mol. The van der Waals surface area contributed by atoms with Crippen LogP contribution in [0.15, 0.2) is 42.7 Å². The molecular weight excluding hydrogens is 162 g/mol. The Bertz CT molecular complexity index is 340. The zero-order valence-corrected chi connectivity index (χ0v) is 7.55. The Morgan fingerprint density at radius 1 is 1.23 bits per heavy atom. The lowest BCUT2D eigenvalue weighted by atomic mass is 10.3. The second kappa shape index (κ2) is 3.44. The Balaban J connectivity index is 2.35. The standard InChI is InChI=1S/C11H12NO/c1-10-12(8-5-9-13-10)11-6-3-2-4-7-11/h2-10H,1H3/q+1. The minimum Gasteiger partial charge on any atom is -0.441 e. The largest absolute Gasteiger partial charge is 0.441 e. The summed E-state index contributed by atoms with van der Waals surface area (Å²) < 4.78 is 7.44. The average Bonchev–Trinajstić information content (AvgIpc) is 2.20. The van der Waals surface area contributed by atoms with Gasteiger partial charge in [-0.2, -0.15) is 4.58 Å². The number of hydrogen-bond acceptors (Lipinski definition) is 1. The molecule has 1 aromatic carbocycles. The maximum atomic E-state index is 5.36. The van der Waals surface area contributed by atoms with E-state index in [2.05, 4.69) is 16.7 Å². The quantitative estimate of drug-likeness (QED) is 0.595. The molecule has 1 atom stereocenters. The first-order chi connectivity index (χ1) is 6.38. The van der Waals surface area contributed by atoms with Gasteiger partial charge in [-0.1, -0.05) is 18.2 Å². The van der Waals surface area contributed by atoms with E-state index in [1.54, 1.807) is 6.26 Å². The van der Waals surface area contributed by atoms with Crippen LogP contribution >= 0.6 is 0 Å². The van der Waals surface area contributed by atoms with Gasteiger partial charge in [0.15, 0.2) is 6.21 Å². The molecule has 1 aliphatic heterocycles. The topological polar surface area (TPSA) is 12.2 Å². The molecule has 0 aromatic heterocycles. The molecule has 0 bridgehead atoms. The summed E-state index contributed by atoms with van der Waals surface area (Å²) in [6, 6.07) is 10.2. The molecule has 2 nitrogen and oxygen atoms in total. The van der Waals surface area contributed by atoms with Gasteiger partial charge in [0.05, 0.1) is 6.26 Å². The molecular formula is C11H12NO+. The summed E-state index contributed by atoms with van der Waals surface area (Å²) in [6.45, 7) is 2.02. The van der Waals surface area contributed by atoms with Gasteiger partial charge in [0, 0.05) is 25.1 Å². The van der Waals surface area contributed by atoms with Crippen molar-refractivity contribution >= 4 is 11.9 Å². The third kappa shape index (κ3) is 1.61. The molecule has 0 saturated heterocycles. The lowest BCUT2D eigenvalue weighted by Crippen LogP contribution is -2.23. The van der Waals surface area contributed by atoms with Crippen LogP contribution in [0.3, 0.4) is 0 Å². The molecule has 1 aromatic rings. The summed E-state index contributed by atoms with van der Waals surface area (Å²) >= 11 is 0. The van der Waals surface area contributed by atoms with Crippen LogP contribution < -0.4 is 0 Å². The number of rotatable bonds is 1. The van der Waals surface area contributed by atoms with E-state index in [-0.39, 0.29) is 6.23 Å². The van der Waals surface area contributed by atoms with Crippen LogP contribution in [0.4, 0.5) is 5.69 Å². The summed E-state index contributed by atoms with van der Waals surface area (Å²) in [5, 5.41) is 0. The molecule has 0 aliphatic carbocycles. The van der Waals surface area contributed by atoms with Gasteiger partial charge in [-0.15, -0.1) is 0 Å². The molecule has 66 valence electrons. The van der Waals surface area contributed by atoms with Crippen LogP contribution in [-0.2, 0) is 4.74 Å². The first kappa shape index (κ1) is 8.05. The SMILES string of the molecule is CC1OC=CC=[N+]1c1ccccc1. The van der Waals surface area contributed by atoms with E-state index in [4.69, 9.17) is 4.74 Å². The van der Waals surface area contributed by atoms with E-state index < -0.39 is 0 Å². The zero-order valence-electron chi connectivity index (χ0n) is 7.55. The number of para-hydroxylation sites is 1. The second-order valence-electron chi connectivity index (χ2n) is 2.96. The fourth-order valence-corrected chi connectivity index (χ4v) is 1.37. The van der Waals surface area contributed by atoms with Crippen molar-refractivity contribution in [3.8, 4) is 0 Å². The summed E-state index contributed by atoms with van der Waals surface area (Å²) in [5.41, 5.74) is 1.15. The monoisotopic (exact) mass is 174 g/mol. The van der Waals surface area contributed by atoms with Gasteiger partial charge in [0.25, 0.3) is 6.23 Å². The molecule has 1 unspecified atom stereocenters. The molecule has 0 saturated carbocycles. The van der Waals surface area contributed by atoms with E-state index in [0.29, 0.717) is 0 Å². The van der Waals surface area contributed by atoms with Gasteiger partial charge in [0.2, 0.25) is 5.69 Å². The van der Waals surface area contributed by atoms with Gasteiger partial charge >= 0.3 is 0 Å². The lowest BCUT2D eigenvalue weighted by molar-refractivity contribution is -0.529. The number of hydrogen-bond donors (Lipinski definition) is 0. The fourth-order valence-electron chi connectivity index (χ4n) is 1.37. The van der Waals surface area contributed by atoms with Crippen molar-refractivity contribution in [2.24, 2.45) is 0 Å². The summed E-state index contributed by atoms with van der Waals surface area (Å²) in [5.74, 6) is 0. The highest BCUT2D eigenvalue weighted by Gasteiger charge is 2.18. The van der Waals surface area contributed by atoms with Crippen molar-refractivity contribution in [2.75, 3.05) is 0 Å². The number of ether oxygens (including phenoxy) is 1. The minimum atomic E-state index is 0.0763. The molecule has 0 N–H and O–H groups in total. The van der Waals surface area contributed by atoms with Crippen LogP contribution in [-0.4, -0.2) is 17.0 Å². The van der Waals surface area contributed by atoms with Gasteiger partial charge in [-0.25, -0.2) is 0 Å². The van der Waals surface area contributed by atoms with Crippen molar-refractivity contribution < 1.29 is 9.31 Å². The molecule has 13 heavy (non-hydrogen) atoms. The molecule has 0 radical (unpaired) electrons. The third-order valence-electron chi connectivity index (χ3n) is 2.05. The van der Waals surface area contributed by atoms with Gasteiger partial charge in [0.1, 0.15) is 0 Å². The van der Waals surface area contributed by atoms with E-state index in [1.165, 1.54) is 0 Å². The van der Waals surface area contributed by atoms with Crippen molar-refractivity contribution in [3.05, 3.63) is 42.7 Å². The highest BCUT2D eigenvalue weighted by molar-refractivity contribution is 5.67. The summed E-state index contributed by atoms with van der Waals surface area (Å²) in [6.07, 6.45) is 5.70. The minimum absolute atomic E-state index is 0.0763. The van der Waals surface area contributed by atoms with Gasteiger partial charge in [-0.3, -0.25) is 0 Å². The molecule has 1 aliphatic rings. The van der Waals surface area contributed by atoms with Crippen LogP contribution in [0.25, 0.3) is 0 Å². The van der Waals surface area contributed by atoms with E-state index >= 15 is 0 Å². The van der Waals surface area contributed by atoms with Crippen LogP contribution in [0.2, 0.25) is 0 Å².